The monoisotopic (exact) mass is 380 g/mol. The van der Waals surface area contributed by atoms with Crippen LogP contribution in [0.1, 0.15) is 11.1 Å². The Morgan fingerprint density at radius 3 is 2.04 bits per heavy atom. The summed E-state index contributed by atoms with van der Waals surface area (Å²) < 4.78 is 42.1. The highest BCUT2D eigenvalue weighted by atomic mass is 19.4. The Morgan fingerprint density at radius 1 is 0.926 bits per heavy atom. The third kappa shape index (κ3) is 7.81. The number of carbonyl (C=O) groups excluding carboxylic acids is 2. The smallest absolute Gasteiger partial charge is 0.408 e. The van der Waals surface area contributed by atoms with Crippen LogP contribution >= 0.6 is 0 Å². The molecule has 0 saturated carbocycles. The van der Waals surface area contributed by atoms with Gasteiger partial charge in [0.15, 0.2) is 0 Å². The third-order valence-electron chi connectivity index (χ3n) is 3.57. The van der Waals surface area contributed by atoms with Crippen LogP contribution in [0.25, 0.3) is 0 Å². The molecule has 0 heterocycles. The number of alkyl halides is 3. The van der Waals surface area contributed by atoms with E-state index >= 15 is 0 Å². The topological polar surface area (TPSA) is 67.4 Å². The molecule has 0 radical (unpaired) electrons. The molecule has 0 unspecified atom stereocenters. The second-order valence-corrected chi connectivity index (χ2v) is 5.78. The summed E-state index contributed by atoms with van der Waals surface area (Å²) in [7, 11) is 0. The maximum absolute atomic E-state index is 12.4. The number of halogens is 3. The van der Waals surface area contributed by atoms with Gasteiger partial charge in [-0.15, -0.1) is 0 Å². The van der Waals surface area contributed by atoms with Crippen LogP contribution < -0.4 is 10.6 Å². The van der Waals surface area contributed by atoms with Gasteiger partial charge in [0.1, 0.15) is 19.2 Å². The number of benzene rings is 2. The fraction of sp³-hybridized carbons (Fsp3) is 0.263. The highest BCUT2D eigenvalue weighted by Gasteiger charge is 2.30. The van der Waals surface area contributed by atoms with Crippen LogP contribution in [-0.2, 0) is 22.6 Å². The van der Waals surface area contributed by atoms with Crippen molar-refractivity contribution in [2.45, 2.75) is 25.2 Å². The molecule has 8 heteroatoms. The second-order valence-electron chi connectivity index (χ2n) is 5.78. The van der Waals surface area contributed by atoms with E-state index in [1.807, 2.05) is 6.07 Å². The van der Waals surface area contributed by atoms with E-state index in [1.165, 1.54) is 0 Å². The average molecular weight is 380 g/mol. The predicted octanol–water partition coefficient (Wildman–Crippen LogP) is 3.20. The highest BCUT2D eigenvalue weighted by molar-refractivity contribution is 5.85. The standard InChI is InChI=1S/C19H19F3N2O3/c20-19(21,22)13-23-17(25)16(11-14-7-3-1-4-8-14)24-18(26)27-12-15-9-5-2-6-10-15/h1-10,16H,11-13H2,(H,23,25)(H,24,26)/t16-/m0/s1. The van der Waals surface area contributed by atoms with Gasteiger partial charge in [-0.1, -0.05) is 60.7 Å². The summed E-state index contributed by atoms with van der Waals surface area (Å²) in [5.74, 6) is -0.937. The van der Waals surface area contributed by atoms with Crippen molar-refractivity contribution in [3.8, 4) is 0 Å². The van der Waals surface area contributed by atoms with Crippen molar-refractivity contribution in [3.05, 3.63) is 71.8 Å². The highest BCUT2D eigenvalue weighted by Crippen LogP contribution is 2.12. The van der Waals surface area contributed by atoms with Crippen LogP contribution in [-0.4, -0.2) is 30.8 Å². The minimum Gasteiger partial charge on any atom is -0.445 e. The number of hydrogen-bond donors (Lipinski definition) is 2. The van der Waals surface area contributed by atoms with Crippen LogP contribution in [0.5, 0.6) is 0 Å². The zero-order valence-corrected chi connectivity index (χ0v) is 14.3. The minimum atomic E-state index is -4.54. The number of nitrogens with one attached hydrogen (secondary N) is 2. The predicted molar refractivity (Wildman–Crippen MR) is 92.8 cm³/mol. The van der Waals surface area contributed by atoms with Crippen LogP contribution in [0.2, 0.25) is 0 Å². The van der Waals surface area contributed by atoms with E-state index in [9.17, 15) is 22.8 Å². The summed E-state index contributed by atoms with van der Waals surface area (Å²) >= 11 is 0. The Labute approximate surface area is 154 Å². The Balaban J connectivity index is 1.97. The number of alkyl carbamates (subject to hydrolysis) is 1. The zero-order valence-electron chi connectivity index (χ0n) is 14.3. The number of ether oxygens (including phenoxy) is 1. The number of carbonyl (C=O) groups is 2. The molecule has 0 aliphatic carbocycles. The SMILES string of the molecule is O=C(N[C@@H](Cc1ccccc1)C(=O)NCC(F)(F)F)OCc1ccccc1. The van der Waals surface area contributed by atoms with Gasteiger partial charge < -0.3 is 15.4 Å². The van der Waals surface area contributed by atoms with Gasteiger partial charge in [-0.05, 0) is 11.1 Å². The zero-order chi connectivity index (χ0) is 19.7. The van der Waals surface area contributed by atoms with Gasteiger partial charge in [0.25, 0.3) is 0 Å². The average Bonchev–Trinajstić information content (AvgIpc) is 2.65. The van der Waals surface area contributed by atoms with Gasteiger partial charge in [-0.25, -0.2) is 4.79 Å². The van der Waals surface area contributed by atoms with Gasteiger partial charge in [-0.2, -0.15) is 13.2 Å². The van der Waals surface area contributed by atoms with Gasteiger partial charge in [0.2, 0.25) is 5.91 Å². The van der Waals surface area contributed by atoms with Gasteiger partial charge >= 0.3 is 12.3 Å². The molecule has 2 aromatic carbocycles. The van der Waals surface area contributed by atoms with Crippen molar-refractivity contribution in [1.29, 1.82) is 0 Å². The van der Waals surface area contributed by atoms with Crippen molar-refractivity contribution in [1.82, 2.24) is 10.6 Å². The molecule has 2 N–H and O–H groups in total. The van der Waals surface area contributed by atoms with Crippen molar-refractivity contribution >= 4 is 12.0 Å². The van der Waals surface area contributed by atoms with Crippen LogP contribution in [0, 0.1) is 0 Å². The first-order chi connectivity index (χ1) is 12.8. The maximum atomic E-state index is 12.4. The van der Waals surface area contributed by atoms with Gasteiger partial charge in [0, 0.05) is 6.42 Å². The van der Waals surface area contributed by atoms with E-state index in [0.29, 0.717) is 5.56 Å². The lowest BCUT2D eigenvalue weighted by atomic mass is 10.1. The molecular formula is C19H19F3N2O3. The summed E-state index contributed by atoms with van der Waals surface area (Å²) in [6, 6.07) is 16.3. The van der Waals surface area contributed by atoms with Crippen LogP contribution in [0.4, 0.5) is 18.0 Å². The Bertz CT molecular complexity index is 737. The largest absolute Gasteiger partial charge is 0.445 e. The molecule has 0 bridgehead atoms. The molecular weight excluding hydrogens is 361 g/mol. The minimum absolute atomic E-state index is 0.0189. The normalized spacial score (nSPS) is 12.1. The third-order valence-corrected chi connectivity index (χ3v) is 3.57. The molecule has 2 rings (SSSR count). The molecule has 0 saturated heterocycles. The number of rotatable bonds is 7. The first-order valence-electron chi connectivity index (χ1n) is 8.19. The summed E-state index contributed by atoms with van der Waals surface area (Å²) in [4.78, 5) is 24.1. The van der Waals surface area contributed by atoms with Crippen molar-refractivity contribution in [2.24, 2.45) is 0 Å². The quantitative estimate of drug-likeness (QED) is 0.775. The van der Waals surface area contributed by atoms with E-state index in [-0.39, 0.29) is 13.0 Å². The van der Waals surface area contributed by atoms with Crippen molar-refractivity contribution in [3.63, 3.8) is 0 Å². The van der Waals surface area contributed by atoms with Crippen molar-refractivity contribution < 1.29 is 27.5 Å². The van der Waals surface area contributed by atoms with Crippen molar-refractivity contribution in [2.75, 3.05) is 6.54 Å². The molecule has 0 fully saturated rings. The molecule has 0 aromatic heterocycles. The number of hydrogen-bond acceptors (Lipinski definition) is 3. The molecule has 0 spiro atoms. The lowest BCUT2D eigenvalue weighted by Gasteiger charge is -2.19. The molecule has 144 valence electrons. The summed E-state index contributed by atoms with van der Waals surface area (Å²) in [6.07, 6.45) is -5.40. The fourth-order valence-corrected chi connectivity index (χ4v) is 2.28. The van der Waals surface area contributed by atoms with E-state index in [1.54, 1.807) is 59.9 Å². The van der Waals surface area contributed by atoms with E-state index in [2.05, 4.69) is 5.32 Å². The van der Waals surface area contributed by atoms with Crippen LogP contribution in [0.3, 0.4) is 0 Å². The Kier molecular flexibility index (Phi) is 7.22. The molecule has 27 heavy (non-hydrogen) atoms. The number of amides is 2. The molecule has 2 aromatic rings. The van der Waals surface area contributed by atoms with E-state index in [4.69, 9.17) is 4.74 Å². The summed E-state index contributed by atoms with van der Waals surface area (Å²) in [6.45, 7) is -1.49. The van der Waals surface area contributed by atoms with E-state index < -0.39 is 30.8 Å². The maximum Gasteiger partial charge on any atom is 0.408 e. The lowest BCUT2D eigenvalue weighted by Crippen LogP contribution is -2.50. The first kappa shape index (κ1) is 20.3. The lowest BCUT2D eigenvalue weighted by molar-refractivity contribution is -0.139. The molecule has 2 amide bonds. The first-order valence-corrected chi connectivity index (χ1v) is 8.19. The Morgan fingerprint density at radius 2 is 1.48 bits per heavy atom. The van der Waals surface area contributed by atoms with Crippen LogP contribution in [0.15, 0.2) is 60.7 Å². The van der Waals surface area contributed by atoms with Gasteiger partial charge in [0.05, 0.1) is 0 Å². The van der Waals surface area contributed by atoms with Gasteiger partial charge in [-0.3, -0.25) is 4.79 Å². The Hall–Kier alpha value is -3.03. The van der Waals surface area contributed by atoms with E-state index in [0.717, 1.165) is 5.56 Å². The second kappa shape index (κ2) is 9.61. The molecule has 0 aliphatic heterocycles. The molecule has 1 atom stereocenters. The molecule has 0 aliphatic rings. The summed E-state index contributed by atoms with van der Waals surface area (Å²) in [5, 5.41) is 4.12. The fourth-order valence-electron chi connectivity index (χ4n) is 2.28. The summed E-state index contributed by atoms with van der Waals surface area (Å²) in [5.41, 5.74) is 1.43. The molecule has 5 nitrogen and oxygen atoms in total.